The monoisotopic (exact) mass is 451 g/mol. The second kappa shape index (κ2) is 7.91. The predicted molar refractivity (Wildman–Crippen MR) is 127 cm³/mol. The van der Waals surface area contributed by atoms with E-state index in [-0.39, 0.29) is 10.8 Å². The largest absolute Gasteiger partial charge is 0.309 e. The Morgan fingerprint density at radius 2 is 2.06 bits per heavy atom. The molecule has 0 saturated carbocycles. The van der Waals surface area contributed by atoms with Crippen molar-refractivity contribution in [1.82, 2.24) is 24.7 Å². The summed E-state index contributed by atoms with van der Waals surface area (Å²) in [6.45, 7) is 8.37. The van der Waals surface area contributed by atoms with Gasteiger partial charge in [-0.25, -0.2) is 4.98 Å². The van der Waals surface area contributed by atoms with Crippen molar-refractivity contribution in [1.29, 1.82) is 0 Å². The van der Waals surface area contributed by atoms with E-state index in [0.29, 0.717) is 11.7 Å². The van der Waals surface area contributed by atoms with Crippen molar-refractivity contribution >= 4 is 33.3 Å². The van der Waals surface area contributed by atoms with Gasteiger partial charge >= 0.3 is 0 Å². The molecular weight excluding hydrogens is 426 g/mol. The summed E-state index contributed by atoms with van der Waals surface area (Å²) in [5.41, 5.74) is 3.42. The number of nitrogens with zero attached hydrogens (tertiary/aromatic N) is 4. The Morgan fingerprint density at radius 3 is 2.87 bits per heavy atom. The molecule has 2 unspecified atom stereocenters. The van der Waals surface area contributed by atoms with Gasteiger partial charge in [-0.2, -0.15) is 0 Å². The second-order valence-corrected chi connectivity index (χ2v) is 10.8. The van der Waals surface area contributed by atoms with Gasteiger partial charge < -0.3 is 4.98 Å². The molecule has 1 aromatic carbocycles. The fourth-order valence-corrected chi connectivity index (χ4v) is 6.64. The first-order valence-corrected chi connectivity index (χ1v) is 12.3. The molecule has 1 aliphatic rings. The molecule has 5 rings (SSSR count). The van der Waals surface area contributed by atoms with Gasteiger partial charge in [0.25, 0.3) is 5.56 Å². The molecule has 2 atom stereocenters. The molecule has 31 heavy (non-hydrogen) atoms. The van der Waals surface area contributed by atoms with E-state index in [4.69, 9.17) is 4.98 Å². The molecule has 3 aromatic heterocycles. The van der Waals surface area contributed by atoms with Gasteiger partial charge in [0.1, 0.15) is 16.5 Å². The molecule has 0 aliphatic heterocycles. The number of H-pyrrole nitrogens is 1. The normalized spacial score (nSPS) is 17.1. The number of hydrogen-bond donors (Lipinski definition) is 1. The lowest BCUT2D eigenvalue weighted by Crippen LogP contribution is -2.15. The predicted octanol–water partition coefficient (Wildman–Crippen LogP) is 5.16. The van der Waals surface area contributed by atoms with Crippen LogP contribution in [-0.2, 0) is 12.8 Å². The first-order valence-electron chi connectivity index (χ1n) is 10.6. The van der Waals surface area contributed by atoms with Gasteiger partial charge in [-0.1, -0.05) is 36.9 Å². The van der Waals surface area contributed by atoms with Crippen LogP contribution in [0.15, 0.2) is 34.2 Å². The lowest BCUT2D eigenvalue weighted by molar-refractivity contribution is 0.509. The van der Waals surface area contributed by atoms with Crippen LogP contribution in [0.5, 0.6) is 0 Å². The number of rotatable bonds is 4. The number of aryl methyl sites for hydroxylation is 3. The third kappa shape index (κ3) is 3.61. The average Bonchev–Trinajstić information content (AvgIpc) is 3.28. The van der Waals surface area contributed by atoms with Crippen LogP contribution in [0.4, 0.5) is 0 Å². The summed E-state index contributed by atoms with van der Waals surface area (Å²) in [4.78, 5) is 23.1. The maximum absolute atomic E-state index is 13.0. The number of fused-ring (bicyclic) bond motifs is 3. The zero-order chi connectivity index (χ0) is 21.7. The van der Waals surface area contributed by atoms with Crippen molar-refractivity contribution in [2.75, 3.05) is 0 Å². The summed E-state index contributed by atoms with van der Waals surface area (Å²) in [5.74, 6) is 2.19. The van der Waals surface area contributed by atoms with E-state index >= 15 is 0 Å². The van der Waals surface area contributed by atoms with Crippen LogP contribution in [0.3, 0.4) is 0 Å². The number of para-hydroxylation sites is 1. The van der Waals surface area contributed by atoms with Gasteiger partial charge in [0.2, 0.25) is 0 Å². The Kier molecular flexibility index (Phi) is 5.22. The summed E-state index contributed by atoms with van der Waals surface area (Å²) < 4.78 is 2.07. The van der Waals surface area contributed by atoms with Crippen molar-refractivity contribution in [3.05, 3.63) is 62.3 Å². The first-order chi connectivity index (χ1) is 14.9. The van der Waals surface area contributed by atoms with E-state index in [9.17, 15) is 4.79 Å². The Hall–Kier alpha value is -2.45. The van der Waals surface area contributed by atoms with Crippen LogP contribution in [0, 0.1) is 19.8 Å². The number of aromatic nitrogens is 5. The second-order valence-electron chi connectivity index (χ2n) is 8.39. The molecule has 0 spiro atoms. The Labute approximate surface area is 189 Å². The molecule has 6 nitrogen and oxygen atoms in total. The number of thioether (sulfide) groups is 1. The molecule has 4 aromatic rings. The van der Waals surface area contributed by atoms with Crippen molar-refractivity contribution < 1.29 is 0 Å². The van der Waals surface area contributed by atoms with E-state index < -0.39 is 0 Å². The zero-order valence-corrected chi connectivity index (χ0v) is 19.7. The van der Waals surface area contributed by atoms with Crippen LogP contribution in [0.2, 0.25) is 0 Å². The van der Waals surface area contributed by atoms with E-state index in [2.05, 4.69) is 52.7 Å². The zero-order valence-electron chi connectivity index (χ0n) is 18.1. The third-order valence-corrected chi connectivity index (χ3v) is 8.20. The van der Waals surface area contributed by atoms with Crippen LogP contribution < -0.4 is 5.56 Å². The fraction of sp³-hybridized carbons (Fsp3) is 0.391. The van der Waals surface area contributed by atoms with Crippen molar-refractivity contribution in [2.24, 2.45) is 5.92 Å². The summed E-state index contributed by atoms with van der Waals surface area (Å²) in [5, 5.41) is 10.2. The highest BCUT2D eigenvalue weighted by molar-refractivity contribution is 7.99. The third-order valence-electron chi connectivity index (χ3n) is 6.00. The molecule has 8 heteroatoms. The number of thiophene rings is 1. The molecule has 0 amide bonds. The number of hydrogen-bond acceptors (Lipinski definition) is 6. The van der Waals surface area contributed by atoms with Crippen LogP contribution in [0.1, 0.15) is 53.2 Å². The van der Waals surface area contributed by atoms with E-state index in [1.54, 1.807) is 23.1 Å². The quantitative estimate of drug-likeness (QED) is 0.434. The first kappa shape index (κ1) is 20.5. The summed E-state index contributed by atoms with van der Waals surface area (Å²) in [7, 11) is 0. The Morgan fingerprint density at radius 1 is 1.26 bits per heavy atom. The standard InChI is InChI=1S/C23H25N5OS2/c1-12-9-10-16-18(11-12)31-22-19(16)21(29)24-20(25-22)14(3)30-23-27-26-15(4)28(23)17-8-6-5-7-13(17)2/h5-8,12,14H,9-11H2,1-4H3,(H,24,25,29). The lowest BCUT2D eigenvalue weighted by atomic mass is 9.89. The molecule has 0 radical (unpaired) electrons. The van der Waals surface area contributed by atoms with Gasteiger partial charge in [-0.05, 0) is 63.1 Å². The summed E-state index contributed by atoms with van der Waals surface area (Å²) >= 11 is 3.25. The number of aromatic amines is 1. The Bertz CT molecular complexity index is 1340. The minimum absolute atomic E-state index is 0.0175. The van der Waals surface area contributed by atoms with Crippen LogP contribution in [0.25, 0.3) is 15.9 Å². The molecule has 3 heterocycles. The number of nitrogens with one attached hydrogen (secondary N) is 1. The molecular formula is C23H25N5OS2. The molecule has 0 saturated heterocycles. The highest BCUT2D eigenvalue weighted by atomic mass is 32.2. The minimum Gasteiger partial charge on any atom is -0.309 e. The Balaban J connectivity index is 1.50. The van der Waals surface area contributed by atoms with Crippen LogP contribution in [-0.4, -0.2) is 24.7 Å². The lowest BCUT2D eigenvalue weighted by Gasteiger charge is -2.17. The highest BCUT2D eigenvalue weighted by Gasteiger charge is 2.25. The highest BCUT2D eigenvalue weighted by Crippen LogP contribution is 2.38. The smallest absolute Gasteiger partial charge is 0.259 e. The maximum Gasteiger partial charge on any atom is 0.259 e. The summed E-state index contributed by atoms with van der Waals surface area (Å²) in [6, 6.07) is 8.20. The van der Waals surface area contributed by atoms with Crippen LogP contribution >= 0.6 is 23.1 Å². The van der Waals surface area contributed by atoms with Crippen molar-refractivity contribution in [2.45, 2.75) is 57.4 Å². The average molecular weight is 452 g/mol. The van der Waals surface area contributed by atoms with E-state index in [1.165, 1.54) is 10.4 Å². The van der Waals surface area contributed by atoms with Gasteiger partial charge in [0.15, 0.2) is 5.16 Å². The van der Waals surface area contributed by atoms with Crippen molar-refractivity contribution in [3.63, 3.8) is 0 Å². The maximum atomic E-state index is 13.0. The molecule has 1 aliphatic carbocycles. The molecule has 0 bridgehead atoms. The van der Waals surface area contributed by atoms with Gasteiger partial charge in [-0.15, -0.1) is 21.5 Å². The SMILES string of the molecule is Cc1ccccc1-n1c(C)nnc1SC(C)c1nc2sc3c(c2c(=O)[nH]1)CCC(C)C3. The van der Waals surface area contributed by atoms with Gasteiger partial charge in [0, 0.05) is 4.88 Å². The van der Waals surface area contributed by atoms with Crippen molar-refractivity contribution in [3.8, 4) is 5.69 Å². The fourth-order valence-electron chi connectivity index (χ4n) is 4.28. The molecule has 160 valence electrons. The minimum atomic E-state index is -0.0680. The topological polar surface area (TPSA) is 76.5 Å². The summed E-state index contributed by atoms with van der Waals surface area (Å²) in [6.07, 6.45) is 3.16. The molecule has 1 N–H and O–H groups in total. The number of benzene rings is 1. The van der Waals surface area contributed by atoms with E-state index in [0.717, 1.165) is 51.7 Å². The van der Waals surface area contributed by atoms with Gasteiger partial charge in [0.05, 0.1) is 16.3 Å². The molecule has 0 fully saturated rings. The van der Waals surface area contributed by atoms with Gasteiger partial charge in [-0.3, -0.25) is 9.36 Å². The van der Waals surface area contributed by atoms with E-state index in [1.807, 2.05) is 19.1 Å².